The van der Waals surface area contributed by atoms with Crippen LogP contribution in [0.1, 0.15) is 6.92 Å². The summed E-state index contributed by atoms with van der Waals surface area (Å²) in [5.74, 6) is -0.423. The van der Waals surface area contributed by atoms with Crippen LogP contribution in [0.25, 0.3) is 10.9 Å². The third-order valence-corrected chi connectivity index (χ3v) is 4.42. The molecule has 0 spiro atoms. The molecule has 0 unspecified atom stereocenters. The Morgan fingerprint density at radius 3 is 2.56 bits per heavy atom. The SMILES string of the molecule is COC(=O)Cn1cnc2ccc(N3CCN(C(C)=O)CC3)cc2c1=O. The summed E-state index contributed by atoms with van der Waals surface area (Å²) < 4.78 is 5.84. The number of fused-ring (bicyclic) bond motifs is 1. The summed E-state index contributed by atoms with van der Waals surface area (Å²) in [5, 5.41) is 0.456. The maximum atomic E-state index is 12.6. The van der Waals surface area contributed by atoms with Gasteiger partial charge in [-0.2, -0.15) is 0 Å². The van der Waals surface area contributed by atoms with Gasteiger partial charge >= 0.3 is 5.97 Å². The molecule has 1 aliphatic heterocycles. The summed E-state index contributed by atoms with van der Waals surface area (Å²) in [6, 6.07) is 5.51. The molecule has 1 amide bonds. The van der Waals surface area contributed by atoms with Crippen molar-refractivity contribution in [3.05, 3.63) is 34.9 Å². The van der Waals surface area contributed by atoms with E-state index in [0.717, 1.165) is 5.69 Å². The van der Waals surface area contributed by atoms with Crippen molar-refractivity contribution in [2.75, 3.05) is 38.2 Å². The van der Waals surface area contributed by atoms with Crippen LogP contribution in [-0.2, 0) is 20.9 Å². The number of nitrogens with zero attached hydrogens (tertiary/aromatic N) is 4. The molecule has 0 aliphatic carbocycles. The predicted molar refractivity (Wildman–Crippen MR) is 92.5 cm³/mol. The Hall–Kier alpha value is -2.90. The fourth-order valence-corrected chi connectivity index (χ4v) is 2.94. The topological polar surface area (TPSA) is 84.7 Å². The van der Waals surface area contributed by atoms with E-state index in [4.69, 9.17) is 0 Å². The van der Waals surface area contributed by atoms with E-state index in [9.17, 15) is 14.4 Å². The highest BCUT2D eigenvalue weighted by molar-refractivity contribution is 5.82. The molecule has 0 saturated carbocycles. The summed E-state index contributed by atoms with van der Waals surface area (Å²) in [4.78, 5) is 43.6. The van der Waals surface area contributed by atoms with E-state index in [2.05, 4.69) is 14.6 Å². The van der Waals surface area contributed by atoms with Gasteiger partial charge in [0.15, 0.2) is 0 Å². The van der Waals surface area contributed by atoms with Crippen molar-refractivity contribution in [1.29, 1.82) is 0 Å². The van der Waals surface area contributed by atoms with E-state index in [1.165, 1.54) is 18.0 Å². The number of esters is 1. The number of piperazine rings is 1. The van der Waals surface area contributed by atoms with Gasteiger partial charge in [-0.05, 0) is 18.2 Å². The molecule has 0 bridgehead atoms. The van der Waals surface area contributed by atoms with Gasteiger partial charge < -0.3 is 14.5 Å². The molecule has 1 fully saturated rings. The normalized spacial score (nSPS) is 14.6. The highest BCUT2D eigenvalue weighted by Gasteiger charge is 2.19. The molecule has 0 radical (unpaired) electrons. The first-order valence-electron chi connectivity index (χ1n) is 8.06. The Bertz CT molecular complexity index is 869. The average Bonchev–Trinajstić information content (AvgIpc) is 2.63. The molecule has 25 heavy (non-hydrogen) atoms. The molecule has 2 heterocycles. The lowest BCUT2D eigenvalue weighted by Crippen LogP contribution is -2.48. The van der Waals surface area contributed by atoms with Gasteiger partial charge in [0.25, 0.3) is 5.56 Å². The van der Waals surface area contributed by atoms with Crippen LogP contribution in [0.4, 0.5) is 5.69 Å². The first-order valence-corrected chi connectivity index (χ1v) is 8.06. The summed E-state index contributed by atoms with van der Waals surface area (Å²) in [6.07, 6.45) is 1.35. The van der Waals surface area contributed by atoms with E-state index in [-0.39, 0.29) is 18.0 Å². The van der Waals surface area contributed by atoms with Gasteiger partial charge in [0.05, 0.1) is 24.3 Å². The first kappa shape index (κ1) is 16.9. The van der Waals surface area contributed by atoms with Crippen molar-refractivity contribution < 1.29 is 14.3 Å². The number of methoxy groups -OCH3 is 1. The molecule has 0 N–H and O–H groups in total. The maximum Gasteiger partial charge on any atom is 0.325 e. The molecule has 1 aromatic carbocycles. The predicted octanol–water partition coefficient (Wildman–Crippen LogP) is 0.238. The second-order valence-electron chi connectivity index (χ2n) is 5.95. The van der Waals surface area contributed by atoms with Crippen molar-refractivity contribution in [3.63, 3.8) is 0 Å². The van der Waals surface area contributed by atoms with Crippen LogP contribution in [0, 0.1) is 0 Å². The molecule has 3 rings (SSSR count). The van der Waals surface area contributed by atoms with Crippen LogP contribution in [-0.4, -0.2) is 59.6 Å². The van der Waals surface area contributed by atoms with Crippen LogP contribution < -0.4 is 10.5 Å². The van der Waals surface area contributed by atoms with E-state index in [1.54, 1.807) is 19.1 Å². The van der Waals surface area contributed by atoms with E-state index >= 15 is 0 Å². The maximum absolute atomic E-state index is 12.6. The molecule has 1 aliphatic rings. The Kier molecular flexibility index (Phi) is 4.69. The molecular formula is C17H20N4O4. The largest absolute Gasteiger partial charge is 0.468 e. The minimum absolute atomic E-state index is 0.0769. The van der Waals surface area contributed by atoms with Gasteiger partial charge in [-0.25, -0.2) is 4.98 Å². The zero-order valence-corrected chi connectivity index (χ0v) is 14.3. The number of hydrogen-bond acceptors (Lipinski definition) is 6. The zero-order valence-electron chi connectivity index (χ0n) is 14.3. The summed E-state index contributed by atoms with van der Waals surface area (Å²) in [7, 11) is 1.28. The average molecular weight is 344 g/mol. The highest BCUT2D eigenvalue weighted by Crippen LogP contribution is 2.20. The number of benzene rings is 1. The number of hydrogen-bond donors (Lipinski definition) is 0. The quantitative estimate of drug-likeness (QED) is 0.742. The fraction of sp³-hybridized carbons (Fsp3) is 0.412. The third-order valence-electron chi connectivity index (χ3n) is 4.42. The Labute approximate surface area is 144 Å². The minimum atomic E-state index is -0.500. The lowest BCUT2D eigenvalue weighted by atomic mass is 10.2. The number of ether oxygens (including phenoxy) is 1. The van der Waals surface area contributed by atoms with Crippen LogP contribution in [0.3, 0.4) is 0 Å². The second kappa shape index (κ2) is 6.92. The van der Waals surface area contributed by atoms with E-state index < -0.39 is 5.97 Å². The van der Waals surface area contributed by atoms with Crippen molar-refractivity contribution in [1.82, 2.24) is 14.5 Å². The molecule has 0 atom stereocenters. The number of amides is 1. The lowest BCUT2D eigenvalue weighted by molar-refractivity contribution is -0.141. The van der Waals surface area contributed by atoms with Crippen LogP contribution in [0.5, 0.6) is 0 Å². The lowest BCUT2D eigenvalue weighted by Gasteiger charge is -2.35. The molecule has 132 valence electrons. The van der Waals surface area contributed by atoms with Gasteiger partial charge in [0.2, 0.25) is 5.91 Å². The van der Waals surface area contributed by atoms with Gasteiger partial charge in [0, 0.05) is 38.8 Å². The van der Waals surface area contributed by atoms with Crippen molar-refractivity contribution in [2.24, 2.45) is 0 Å². The Balaban J connectivity index is 1.88. The van der Waals surface area contributed by atoms with Gasteiger partial charge in [-0.3, -0.25) is 19.0 Å². The molecule has 2 aromatic rings. The molecule has 8 nitrogen and oxygen atoms in total. The molecular weight excluding hydrogens is 324 g/mol. The van der Waals surface area contributed by atoms with E-state index in [1.807, 2.05) is 11.0 Å². The molecule has 1 aromatic heterocycles. The second-order valence-corrected chi connectivity index (χ2v) is 5.95. The number of rotatable bonds is 3. The number of carbonyl (C=O) groups is 2. The van der Waals surface area contributed by atoms with Gasteiger partial charge in [0.1, 0.15) is 6.54 Å². The zero-order chi connectivity index (χ0) is 18.0. The van der Waals surface area contributed by atoms with Crippen LogP contribution in [0.2, 0.25) is 0 Å². The minimum Gasteiger partial charge on any atom is -0.468 e. The third kappa shape index (κ3) is 3.47. The summed E-state index contributed by atoms with van der Waals surface area (Å²) in [6.45, 7) is 4.14. The van der Waals surface area contributed by atoms with Crippen molar-refractivity contribution in [2.45, 2.75) is 13.5 Å². The summed E-state index contributed by atoms with van der Waals surface area (Å²) in [5.41, 5.74) is 1.21. The molecule has 1 saturated heterocycles. The Morgan fingerprint density at radius 2 is 1.92 bits per heavy atom. The number of carbonyl (C=O) groups excluding carboxylic acids is 2. The smallest absolute Gasteiger partial charge is 0.325 e. The van der Waals surface area contributed by atoms with Crippen LogP contribution >= 0.6 is 0 Å². The standard InChI is InChI=1S/C17H20N4O4/c1-12(22)19-5-7-20(8-6-19)13-3-4-15-14(9-13)17(24)21(11-18-15)10-16(23)25-2/h3-4,9,11H,5-8,10H2,1-2H3. The molecule has 8 heteroatoms. The highest BCUT2D eigenvalue weighted by atomic mass is 16.5. The van der Waals surface area contributed by atoms with Gasteiger partial charge in [-0.15, -0.1) is 0 Å². The Morgan fingerprint density at radius 1 is 1.20 bits per heavy atom. The first-order chi connectivity index (χ1) is 12.0. The van der Waals surface area contributed by atoms with Crippen LogP contribution in [0.15, 0.2) is 29.3 Å². The number of aromatic nitrogens is 2. The fourth-order valence-electron chi connectivity index (χ4n) is 2.94. The monoisotopic (exact) mass is 344 g/mol. The van der Waals surface area contributed by atoms with Crippen molar-refractivity contribution >= 4 is 28.5 Å². The van der Waals surface area contributed by atoms with Gasteiger partial charge in [-0.1, -0.05) is 0 Å². The summed E-state index contributed by atoms with van der Waals surface area (Å²) >= 11 is 0. The van der Waals surface area contributed by atoms with E-state index in [0.29, 0.717) is 37.1 Å². The number of anilines is 1. The van der Waals surface area contributed by atoms with Crippen molar-refractivity contribution in [3.8, 4) is 0 Å².